The van der Waals surface area contributed by atoms with Crippen LogP contribution in [0.15, 0.2) is 43.0 Å². The van der Waals surface area contributed by atoms with Crippen LogP contribution in [-0.4, -0.2) is 95.9 Å². The Morgan fingerprint density at radius 2 is 1.91 bits per heavy atom. The highest BCUT2D eigenvalue weighted by Crippen LogP contribution is 2.45. The molecular formula is C26H36N4O5. The molecule has 1 aromatic rings. The molecule has 9 nitrogen and oxygen atoms in total. The van der Waals surface area contributed by atoms with Crippen LogP contribution in [0, 0.1) is 5.92 Å². The van der Waals surface area contributed by atoms with Gasteiger partial charge in [-0.05, 0) is 43.8 Å². The molecule has 0 radical (unpaired) electrons. The SMILES string of the molecule is C=CCOC(=O)N(CC1CCN(C2(CC(=O)NC)CN(C(=O)O)C2)CC1)[C@@H]1C[C@H]1c1ccccc1. The van der Waals surface area contributed by atoms with Gasteiger partial charge in [-0.2, -0.15) is 0 Å². The highest BCUT2D eigenvalue weighted by Gasteiger charge is 2.52. The number of likely N-dealkylation sites (tertiary alicyclic amines) is 2. The molecule has 4 rings (SSSR count). The number of carbonyl (C=O) groups excluding carboxylic acids is 2. The van der Waals surface area contributed by atoms with Gasteiger partial charge in [0.05, 0.1) is 5.54 Å². The summed E-state index contributed by atoms with van der Waals surface area (Å²) in [5, 5.41) is 12.0. The van der Waals surface area contributed by atoms with Crippen molar-refractivity contribution >= 4 is 18.1 Å². The summed E-state index contributed by atoms with van der Waals surface area (Å²) in [5.41, 5.74) is 0.805. The summed E-state index contributed by atoms with van der Waals surface area (Å²) in [4.78, 5) is 42.0. The molecule has 35 heavy (non-hydrogen) atoms. The van der Waals surface area contributed by atoms with Crippen molar-refractivity contribution in [2.75, 3.05) is 46.4 Å². The summed E-state index contributed by atoms with van der Waals surface area (Å²) in [6, 6.07) is 10.4. The fourth-order valence-electron chi connectivity index (χ4n) is 5.62. The van der Waals surface area contributed by atoms with Crippen LogP contribution >= 0.6 is 0 Å². The zero-order valence-electron chi connectivity index (χ0n) is 20.4. The number of benzene rings is 1. The van der Waals surface area contributed by atoms with Crippen molar-refractivity contribution < 1.29 is 24.2 Å². The Kier molecular flexibility index (Phi) is 7.64. The summed E-state index contributed by atoms with van der Waals surface area (Å²) < 4.78 is 5.43. The maximum absolute atomic E-state index is 12.9. The molecule has 0 spiro atoms. The number of carboxylic acid groups (broad SMARTS) is 1. The van der Waals surface area contributed by atoms with E-state index in [9.17, 15) is 19.5 Å². The van der Waals surface area contributed by atoms with Gasteiger partial charge in [0, 0.05) is 45.1 Å². The van der Waals surface area contributed by atoms with Gasteiger partial charge < -0.3 is 25.0 Å². The molecule has 190 valence electrons. The number of amides is 3. The lowest BCUT2D eigenvalue weighted by Gasteiger charge is -2.56. The molecule has 9 heteroatoms. The maximum Gasteiger partial charge on any atom is 0.410 e. The predicted molar refractivity (Wildman–Crippen MR) is 131 cm³/mol. The second-order valence-electron chi connectivity index (χ2n) is 9.98. The Morgan fingerprint density at radius 3 is 2.51 bits per heavy atom. The van der Waals surface area contributed by atoms with Crippen molar-refractivity contribution in [2.24, 2.45) is 5.92 Å². The molecule has 3 aliphatic rings. The standard InChI is InChI=1S/C26H36N4O5/c1-3-13-35-25(34)30(22-14-21(22)20-7-5-4-6-8-20)16-19-9-11-29(12-10-19)26(15-23(31)27-2)17-28(18-26)24(32)33/h3-8,19,21-22H,1,9-18H2,2H3,(H,27,31)(H,32,33)/t21-,22+/m0/s1. The number of rotatable bonds is 9. The van der Waals surface area contributed by atoms with Crippen LogP contribution in [0.25, 0.3) is 0 Å². The molecule has 1 aliphatic carbocycles. The van der Waals surface area contributed by atoms with Gasteiger partial charge in [0.1, 0.15) is 6.61 Å². The molecule has 3 amide bonds. The van der Waals surface area contributed by atoms with E-state index in [1.165, 1.54) is 10.5 Å². The van der Waals surface area contributed by atoms with Crippen LogP contribution in [0.1, 0.15) is 37.2 Å². The Labute approximate surface area is 206 Å². The summed E-state index contributed by atoms with van der Waals surface area (Å²) in [5.74, 6) is 0.585. The van der Waals surface area contributed by atoms with Crippen molar-refractivity contribution in [1.29, 1.82) is 0 Å². The zero-order valence-corrected chi connectivity index (χ0v) is 20.4. The van der Waals surface area contributed by atoms with E-state index in [1.54, 1.807) is 13.1 Å². The van der Waals surface area contributed by atoms with Gasteiger partial charge in [-0.25, -0.2) is 9.59 Å². The van der Waals surface area contributed by atoms with Gasteiger partial charge >= 0.3 is 12.2 Å². The summed E-state index contributed by atoms with van der Waals surface area (Å²) >= 11 is 0. The molecule has 0 bridgehead atoms. The van der Waals surface area contributed by atoms with Crippen molar-refractivity contribution in [1.82, 2.24) is 20.0 Å². The summed E-state index contributed by atoms with van der Waals surface area (Å²) in [6.45, 7) is 6.73. The number of nitrogens with zero attached hydrogens (tertiary/aromatic N) is 3. The topological polar surface area (TPSA) is 102 Å². The number of ether oxygens (including phenoxy) is 1. The summed E-state index contributed by atoms with van der Waals surface area (Å²) in [7, 11) is 1.61. The number of hydrogen-bond donors (Lipinski definition) is 2. The van der Waals surface area contributed by atoms with E-state index < -0.39 is 11.6 Å². The second kappa shape index (κ2) is 10.7. The molecule has 1 aromatic carbocycles. The maximum atomic E-state index is 12.9. The first kappa shape index (κ1) is 25.0. The molecule has 1 saturated carbocycles. The van der Waals surface area contributed by atoms with Gasteiger partial charge in [0.25, 0.3) is 0 Å². The molecular weight excluding hydrogens is 448 g/mol. The van der Waals surface area contributed by atoms with Gasteiger partial charge in [-0.15, -0.1) is 0 Å². The fraction of sp³-hybridized carbons (Fsp3) is 0.577. The molecule has 2 aliphatic heterocycles. The number of nitrogens with one attached hydrogen (secondary N) is 1. The number of hydrogen-bond acceptors (Lipinski definition) is 5. The van der Waals surface area contributed by atoms with Gasteiger partial charge in [-0.1, -0.05) is 43.0 Å². The van der Waals surface area contributed by atoms with E-state index in [4.69, 9.17) is 4.74 Å². The Balaban J connectivity index is 1.37. The Morgan fingerprint density at radius 1 is 1.23 bits per heavy atom. The molecule has 0 aromatic heterocycles. The first-order chi connectivity index (χ1) is 16.9. The van der Waals surface area contributed by atoms with Crippen LogP contribution in [0.3, 0.4) is 0 Å². The lowest BCUT2D eigenvalue weighted by atomic mass is 9.81. The van der Waals surface area contributed by atoms with Crippen LogP contribution < -0.4 is 5.32 Å². The molecule has 2 heterocycles. The third kappa shape index (κ3) is 5.61. The Hall–Kier alpha value is -3.07. The van der Waals surface area contributed by atoms with Crippen LogP contribution in [-0.2, 0) is 9.53 Å². The normalized spacial score (nSPS) is 23.6. The van der Waals surface area contributed by atoms with E-state index >= 15 is 0 Å². The summed E-state index contributed by atoms with van der Waals surface area (Å²) in [6.07, 6.45) is 3.35. The van der Waals surface area contributed by atoms with Gasteiger partial charge in [0.15, 0.2) is 0 Å². The van der Waals surface area contributed by atoms with Crippen LogP contribution in [0.5, 0.6) is 0 Å². The third-order valence-corrected chi connectivity index (χ3v) is 7.69. The first-order valence-electron chi connectivity index (χ1n) is 12.4. The van der Waals surface area contributed by atoms with E-state index in [2.05, 4.69) is 28.9 Å². The lowest BCUT2D eigenvalue weighted by Crippen LogP contribution is -2.73. The van der Waals surface area contributed by atoms with E-state index in [1.807, 2.05) is 23.1 Å². The molecule has 3 fully saturated rings. The number of carbonyl (C=O) groups is 3. The van der Waals surface area contributed by atoms with E-state index in [-0.39, 0.29) is 24.6 Å². The highest BCUT2D eigenvalue weighted by atomic mass is 16.6. The predicted octanol–water partition coefficient (Wildman–Crippen LogP) is 2.75. The third-order valence-electron chi connectivity index (χ3n) is 7.69. The van der Waals surface area contributed by atoms with Crippen LogP contribution in [0.2, 0.25) is 0 Å². The van der Waals surface area contributed by atoms with Gasteiger partial charge in [-0.3, -0.25) is 9.69 Å². The second-order valence-corrected chi connectivity index (χ2v) is 9.98. The minimum atomic E-state index is -0.946. The zero-order chi connectivity index (χ0) is 25.0. The van der Waals surface area contributed by atoms with Crippen molar-refractivity contribution in [3.63, 3.8) is 0 Å². The average Bonchev–Trinajstić information content (AvgIpc) is 3.64. The minimum Gasteiger partial charge on any atom is -0.465 e. The van der Waals surface area contributed by atoms with Crippen molar-refractivity contribution in [3.8, 4) is 0 Å². The molecule has 2 N–H and O–H groups in total. The van der Waals surface area contributed by atoms with Crippen molar-refractivity contribution in [3.05, 3.63) is 48.6 Å². The first-order valence-corrected chi connectivity index (χ1v) is 12.4. The Bertz CT molecular complexity index is 925. The lowest BCUT2D eigenvalue weighted by molar-refractivity contribution is -0.129. The average molecular weight is 485 g/mol. The fourth-order valence-corrected chi connectivity index (χ4v) is 5.62. The van der Waals surface area contributed by atoms with Gasteiger partial charge in [0.2, 0.25) is 5.91 Å². The van der Waals surface area contributed by atoms with Crippen LogP contribution in [0.4, 0.5) is 9.59 Å². The minimum absolute atomic E-state index is 0.0750. The highest BCUT2D eigenvalue weighted by molar-refractivity contribution is 5.78. The molecule has 2 saturated heterocycles. The van der Waals surface area contributed by atoms with E-state index in [0.717, 1.165) is 32.4 Å². The van der Waals surface area contributed by atoms with E-state index in [0.29, 0.717) is 37.9 Å². The smallest absolute Gasteiger partial charge is 0.410 e. The quantitative estimate of drug-likeness (QED) is 0.523. The number of piperidine rings is 1. The van der Waals surface area contributed by atoms with Crippen molar-refractivity contribution in [2.45, 2.75) is 43.2 Å². The molecule has 2 atom stereocenters. The monoisotopic (exact) mass is 484 g/mol. The molecule has 0 unspecified atom stereocenters. The largest absolute Gasteiger partial charge is 0.465 e.